The fraction of sp³-hybridized carbons (Fsp3) is 0.444. The van der Waals surface area contributed by atoms with Gasteiger partial charge in [0.2, 0.25) is 10.0 Å². The van der Waals surface area contributed by atoms with Crippen molar-refractivity contribution in [2.24, 2.45) is 13.0 Å². The number of benzene rings is 1. The number of carbonyl (C=O) groups is 1. The Morgan fingerprint density at radius 2 is 1.93 bits per heavy atom. The summed E-state index contributed by atoms with van der Waals surface area (Å²) in [4.78, 5) is 14.8. The lowest BCUT2D eigenvalue weighted by Crippen LogP contribution is -2.52. The molecule has 4 rings (SSSR count). The van der Waals surface area contributed by atoms with Crippen LogP contribution in [-0.4, -0.2) is 48.3 Å². The molecule has 9 heteroatoms. The summed E-state index contributed by atoms with van der Waals surface area (Å²) in [7, 11) is -1.72. The van der Waals surface area contributed by atoms with E-state index in [1.165, 1.54) is 0 Å². The number of likely N-dealkylation sites (tertiary alicyclic amines) is 1. The van der Waals surface area contributed by atoms with Gasteiger partial charge in [0.15, 0.2) is 0 Å². The standard InChI is InChI=1S/C18H23N5O3S/c1-12-14(11-22(2)20-12)18(24)23-9-7-13(8-10-23)17-19-15-5-3-4-6-16(15)27(25,26)21-17/h3-6,11,13,17,19,21H,7-10H2,1-2H3/t17-/m0/s1. The maximum atomic E-state index is 12.7. The number of para-hydroxylation sites is 1. The van der Waals surface area contributed by atoms with Crippen LogP contribution in [0, 0.1) is 12.8 Å². The molecule has 144 valence electrons. The van der Waals surface area contributed by atoms with Gasteiger partial charge in [0, 0.05) is 26.3 Å². The fourth-order valence-electron chi connectivity index (χ4n) is 3.88. The molecule has 1 amide bonds. The topological polar surface area (TPSA) is 96.3 Å². The summed E-state index contributed by atoms with van der Waals surface area (Å²) in [6, 6.07) is 6.91. The molecule has 0 saturated carbocycles. The van der Waals surface area contributed by atoms with Crippen molar-refractivity contribution in [3.63, 3.8) is 0 Å². The molecule has 2 N–H and O–H groups in total. The molecule has 0 radical (unpaired) electrons. The SMILES string of the molecule is Cc1nn(C)cc1C(=O)N1CCC([C@H]2Nc3ccccc3S(=O)(=O)N2)CC1. The number of fused-ring (bicyclic) bond motifs is 1. The van der Waals surface area contributed by atoms with Crippen LogP contribution < -0.4 is 10.0 Å². The van der Waals surface area contributed by atoms with Gasteiger partial charge in [0.1, 0.15) is 4.90 Å². The lowest BCUT2D eigenvalue weighted by Gasteiger charge is -2.38. The lowest BCUT2D eigenvalue weighted by atomic mass is 9.93. The summed E-state index contributed by atoms with van der Waals surface area (Å²) in [6.07, 6.45) is 2.85. The third-order valence-electron chi connectivity index (χ3n) is 5.31. The highest BCUT2D eigenvalue weighted by Gasteiger charge is 2.36. The van der Waals surface area contributed by atoms with Crippen LogP contribution in [0.1, 0.15) is 28.9 Å². The maximum Gasteiger partial charge on any atom is 0.257 e. The Morgan fingerprint density at radius 3 is 2.59 bits per heavy atom. The summed E-state index contributed by atoms with van der Waals surface area (Å²) >= 11 is 0. The first-order valence-corrected chi connectivity index (χ1v) is 10.5. The molecule has 2 aliphatic rings. The van der Waals surface area contributed by atoms with Crippen molar-refractivity contribution in [3.05, 3.63) is 41.7 Å². The van der Waals surface area contributed by atoms with E-state index in [0.29, 0.717) is 24.3 Å². The third-order valence-corrected chi connectivity index (χ3v) is 6.81. The minimum absolute atomic E-state index is 0.0124. The Labute approximate surface area is 158 Å². The van der Waals surface area contributed by atoms with Gasteiger partial charge in [-0.1, -0.05) is 12.1 Å². The molecule has 0 spiro atoms. The van der Waals surface area contributed by atoms with Crippen molar-refractivity contribution >= 4 is 21.6 Å². The van der Waals surface area contributed by atoms with Crippen molar-refractivity contribution < 1.29 is 13.2 Å². The number of nitrogens with zero attached hydrogens (tertiary/aromatic N) is 3. The predicted molar refractivity (Wildman–Crippen MR) is 101 cm³/mol. The third kappa shape index (κ3) is 3.32. The predicted octanol–water partition coefficient (Wildman–Crippen LogP) is 1.31. The number of rotatable bonds is 2. The minimum Gasteiger partial charge on any atom is -0.368 e. The molecule has 0 bridgehead atoms. The Morgan fingerprint density at radius 1 is 1.22 bits per heavy atom. The van der Waals surface area contributed by atoms with Crippen LogP contribution in [0.3, 0.4) is 0 Å². The quantitative estimate of drug-likeness (QED) is 0.807. The Bertz CT molecular complexity index is 977. The molecule has 0 aliphatic carbocycles. The number of hydrogen-bond acceptors (Lipinski definition) is 5. The van der Waals surface area contributed by atoms with Crippen LogP contribution in [0.4, 0.5) is 5.69 Å². The first-order chi connectivity index (χ1) is 12.8. The molecule has 27 heavy (non-hydrogen) atoms. The molecule has 1 fully saturated rings. The summed E-state index contributed by atoms with van der Waals surface area (Å²) in [5, 5.41) is 7.54. The van der Waals surface area contributed by atoms with Crippen molar-refractivity contribution in [1.82, 2.24) is 19.4 Å². The molecule has 1 saturated heterocycles. The van der Waals surface area contributed by atoms with Crippen LogP contribution in [0.15, 0.2) is 35.4 Å². The molecule has 1 aromatic carbocycles. The fourth-order valence-corrected chi connectivity index (χ4v) is 5.26. The molecular formula is C18H23N5O3S. The number of aryl methyl sites for hydroxylation is 2. The van der Waals surface area contributed by atoms with E-state index < -0.39 is 10.0 Å². The highest BCUT2D eigenvalue weighted by atomic mass is 32.2. The monoisotopic (exact) mass is 389 g/mol. The zero-order valence-electron chi connectivity index (χ0n) is 15.3. The molecule has 2 aromatic rings. The van der Waals surface area contributed by atoms with Crippen LogP contribution in [0.25, 0.3) is 0 Å². The number of piperidine rings is 1. The number of aromatic nitrogens is 2. The molecule has 3 heterocycles. The second kappa shape index (κ2) is 6.65. The molecule has 8 nitrogen and oxygen atoms in total. The van der Waals surface area contributed by atoms with Gasteiger partial charge < -0.3 is 10.2 Å². The van der Waals surface area contributed by atoms with Gasteiger partial charge >= 0.3 is 0 Å². The summed E-state index contributed by atoms with van der Waals surface area (Å²) in [6.45, 7) is 3.02. The first-order valence-electron chi connectivity index (χ1n) is 9.02. The Hall–Kier alpha value is -2.39. The molecule has 2 aliphatic heterocycles. The van der Waals surface area contributed by atoms with E-state index in [2.05, 4.69) is 15.1 Å². The van der Waals surface area contributed by atoms with E-state index in [1.807, 2.05) is 17.9 Å². The van der Waals surface area contributed by atoms with Crippen molar-refractivity contribution in [2.45, 2.75) is 30.8 Å². The van der Waals surface area contributed by atoms with E-state index >= 15 is 0 Å². The van der Waals surface area contributed by atoms with Gasteiger partial charge in [-0.15, -0.1) is 0 Å². The second-order valence-corrected chi connectivity index (χ2v) is 8.85. The number of nitrogens with one attached hydrogen (secondary N) is 2. The van der Waals surface area contributed by atoms with Gasteiger partial charge in [0.05, 0.1) is 23.1 Å². The molecule has 1 aromatic heterocycles. The van der Waals surface area contributed by atoms with Gasteiger partial charge in [0.25, 0.3) is 5.91 Å². The average Bonchev–Trinajstić information content (AvgIpc) is 2.99. The Kier molecular flexibility index (Phi) is 4.43. The number of carbonyl (C=O) groups excluding carboxylic acids is 1. The zero-order chi connectivity index (χ0) is 19.2. The Balaban J connectivity index is 1.44. The normalized spacial score (nSPS) is 22.1. The largest absolute Gasteiger partial charge is 0.368 e. The van der Waals surface area contributed by atoms with E-state index in [1.54, 1.807) is 36.1 Å². The average molecular weight is 389 g/mol. The second-order valence-electron chi connectivity index (χ2n) is 7.17. The van der Waals surface area contributed by atoms with Gasteiger partial charge in [-0.05, 0) is 37.8 Å². The van der Waals surface area contributed by atoms with Gasteiger partial charge in [-0.25, -0.2) is 8.42 Å². The molecule has 0 unspecified atom stereocenters. The van der Waals surface area contributed by atoms with E-state index in [0.717, 1.165) is 18.5 Å². The number of anilines is 1. The summed E-state index contributed by atoms with van der Waals surface area (Å²) in [5.74, 6) is 0.105. The highest BCUT2D eigenvalue weighted by Crippen LogP contribution is 2.31. The smallest absolute Gasteiger partial charge is 0.257 e. The zero-order valence-corrected chi connectivity index (χ0v) is 16.2. The van der Waals surface area contributed by atoms with Crippen LogP contribution in [0.2, 0.25) is 0 Å². The number of amides is 1. The van der Waals surface area contributed by atoms with Crippen LogP contribution >= 0.6 is 0 Å². The summed E-state index contributed by atoms with van der Waals surface area (Å²) < 4.78 is 29.4. The van der Waals surface area contributed by atoms with Gasteiger partial charge in [-0.3, -0.25) is 9.48 Å². The van der Waals surface area contributed by atoms with E-state index in [-0.39, 0.29) is 22.9 Å². The molecule has 1 atom stereocenters. The minimum atomic E-state index is -3.52. The van der Waals surface area contributed by atoms with Gasteiger partial charge in [-0.2, -0.15) is 9.82 Å². The lowest BCUT2D eigenvalue weighted by molar-refractivity contribution is 0.0678. The van der Waals surface area contributed by atoms with Crippen LogP contribution in [-0.2, 0) is 17.1 Å². The number of sulfonamides is 1. The highest BCUT2D eigenvalue weighted by molar-refractivity contribution is 7.89. The van der Waals surface area contributed by atoms with Crippen molar-refractivity contribution in [2.75, 3.05) is 18.4 Å². The van der Waals surface area contributed by atoms with E-state index in [4.69, 9.17) is 0 Å². The number of hydrogen-bond donors (Lipinski definition) is 2. The van der Waals surface area contributed by atoms with E-state index in [9.17, 15) is 13.2 Å². The van der Waals surface area contributed by atoms with Crippen molar-refractivity contribution in [1.29, 1.82) is 0 Å². The van der Waals surface area contributed by atoms with Crippen molar-refractivity contribution in [3.8, 4) is 0 Å². The van der Waals surface area contributed by atoms with Crippen LogP contribution in [0.5, 0.6) is 0 Å². The summed E-state index contributed by atoms with van der Waals surface area (Å²) in [5.41, 5.74) is 1.98. The molecular weight excluding hydrogens is 366 g/mol. The maximum absolute atomic E-state index is 12.7. The first kappa shape index (κ1) is 18.0.